The summed E-state index contributed by atoms with van der Waals surface area (Å²) < 4.78 is 0. The number of aromatic amines is 1. The highest BCUT2D eigenvalue weighted by molar-refractivity contribution is 5.86. The summed E-state index contributed by atoms with van der Waals surface area (Å²) in [5.74, 6) is 0.747. The molecule has 2 heterocycles. The lowest BCUT2D eigenvalue weighted by atomic mass is 9.98. The van der Waals surface area contributed by atoms with Crippen molar-refractivity contribution in [2.45, 2.75) is 33.6 Å². The van der Waals surface area contributed by atoms with E-state index in [0.29, 0.717) is 29.6 Å². The van der Waals surface area contributed by atoms with Crippen molar-refractivity contribution in [2.75, 3.05) is 5.32 Å². The van der Waals surface area contributed by atoms with E-state index >= 15 is 0 Å². The van der Waals surface area contributed by atoms with E-state index in [0.717, 1.165) is 39.4 Å². The van der Waals surface area contributed by atoms with Gasteiger partial charge in [0.05, 0.1) is 16.9 Å². The van der Waals surface area contributed by atoms with Crippen molar-refractivity contribution in [1.29, 1.82) is 0 Å². The Labute approximate surface area is 191 Å². The average Bonchev–Trinajstić information content (AvgIpc) is 2.81. The molecule has 0 saturated carbocycles. The summed E-state index contributed by atoms with van der Waals surface area (Å²) in [6, 6.07) is 20.6. The van der Waals surface area contributed by atoms with Gasteiger partial charge in [0.2, 0.25) is 11.9 Å². The van der Waals surface area contributed by atoms with Crippen LogP contribution in [-0.4, -0.2) is 19.9 Å². The van der Waals surface area contributed by atoms with E-state index in [1.807, 2.05) is 38.1 Å². The number of hydrogen-bond acceptors (Lipinski definition) is 5. The van der Waals surface area contributed by atoms with Crippen LogP contribution < -0.4 is 10.9 Å². The maximum atomic E-state index is 13.0. The number of anilines is 2. The van der Waals surface area contributed by atoms with Gasteiger partial charge in [-0.1, -0.05) is 55.5 Å². The molecule has 0 unspecified atom stereocenters. The van der Waals surface area contributed by atoms with Crippen molar-refractivity contribution in [3.63, 3.8) is 0 Å². The first-order valence-electron chi connectivity index (χ1n) is 11.1. The Kier molecular flexibility index (Phi) is 5.34. The zero-order valence-corrected chi connectivity index (χ0v) is 18.9. The van der Waals surface area contributed by atoms with Crippen LogP contribution in [0.3, 0.4) is 0 Å². The van der Waals surface area contributed by atoms with Crippen molar-refractivity contribution >= 4 is 33.6 Å². The third kappa shape index (κ3) is 4.07. The van der Waals surface area contributed by atoms with Gasteiger partial charge in [-0.05, 0) is 54.3 Å². The predicted octanol–water partition coefficient (Wildman–Crippen LogP) is 5.38. The minimum Gasteiger partial charge on any atom is -0.294 e. The normalized spacial score (nSPS) is 11.2. The SMILES string of the molecule is CCc1ccc2nc(Nc3nc(C)c(Cc4cccc5ccccc45)c(=O)[nH]3)nc(C)c2c1. The molecular formula is C27H25N5O. The number of hydrogen-bond donors (Lipinski definition) is 2. The molecule has 0 radical (unpaired) electrons. The fraction of sp³-hybridized carbons (Fsp3) is 0.185. The first kappa shape index (κ1) is 20.8. The number of rotatable bonds is 5. The second kappa shape index (κ2) is 8.47. The van der Waals surface area contributed by atoms with Crippen LogP contribution in [0.1, 0.15) is 35.0 Å². The van der Waals surface area contributed by atoms with Crippen molar-refractivity contribution in [3.05, 3.63) is 99.1 Å². The molecule has 3 aromatic carbocycles. The van der Waals surface area contributed by atoms with E-state index in [1.54, 1.807) is 0 Å². The fourth-order valence-electron chi connectivity index (χ4n) is 4.23. The Balaban J connectivity index is 1.46. The number of aromatic nitrogens is 4. The van der Waals surface area contributed by atoms with Gasteiger partial charge >= 0.3 is 0 Å². The Morgan fingerprint density at radius 2 is 1.70 bits per heavy atom. The van der Waals surface area contributed by atoms with Crippen molar-refractivity contribution in [1.82, 2.24) is 19.9 Å². The van der Waals surface area contributed by atoms with Gasteiger partial charge in [-0.3, -0.25) is 15.1 Å². The minimum absolute atomic E-state index is 0.164. The van der Waals surface area contributed by atoms with Gasteiger partial charge in [-0.2, -0.15) is 0 Å². The Hall–Kier alpha value is -4.06. The number of benzene rings is 3. The first-order chi connectivity index (χ1) is 16.0. The maximum absolute atomic E-state index is 13.0. The quantitative estimate of drug-likeness (QED) is 0.387. The maximum Gasteiger partial charge on any atom is 0.256 e. The molecule has 0 bridgehead atoms. The molecule has 5 rings (SSSR count). The zero-order chi connectivity index (χ0) is 22.9. The van der Waals surface area contributed by atoms with Gasteiger partial charge < -0.3 is 0 Å². The van der Waals surface area contributed by atoms with Gasteiger partial charge in [-0.25, -0.2) is 15.0 Å². The lowest BCUT2D eigenvalue weighted by Crippen LogP contribution is -2.19. The molecule has 0 saturated heterocycles. The standard InChI is InChI=1S/C27H25N5O/c1-4-18-12-13-24-22(14-18)16(2)28-26(30-24)32-27-29-17(3)23(25(33)31-27)15-20-10-7-9-19-8-5-6-11-21(19)20/h5-14H,4,15H2,1-3H3,(H2,28,29,30,31,32,33). The van der Waals surface area contributed by atoms with Gasteiger partial charge in [0.1, 0.15) is 0 Å². The zero-order valence-electron chi connectivity index (χ0n) is 18.9. The molecule has 164 valence electrons. The number of nitrogens with one attached hydrogen (secondary N) is 2. The highest BCUT2D eigenvalue weighted by atomic mass is 16.1. The molecule has 0 aliphatic carbocycles. The molecule has 6 nitrogen and oxygen atoms in total. The molecular weight excluding hydrogens is 410 g/mol. The molecule has 33 heavy (non-hydrogen) atoms. The summed E-state index contributed by atoms with van der Waals surface area (Å²) in [4.78, 5) is 29.6. The summed E-state index contributed by atoms with van der Waals surface area (Å²) in [6.07, 6.45) is 1.48. The summed E-state index contributed by atoms with van der Waals surface area (Å²) in [6.45, 7) is 5.95. The second-order valence-corrected chi connectivity index (χ2v) is 8.26. The largest absolute Gasteiger partial charge is 0.294 e. The van der Waals surface area contributed by atoms with E-state index in [9.17, 15) is 4.79 Å². The van der Waals surface area contributed by atoms with Crippen LogP contribution in [0.25, 0.3) is 21.7 Å². The smallest absolute Gasteiger partial charge is 0.256 e. The van der Waals surface area contributed by atoms with E-state index in [2.05, 4.69) is 68.6 Å². The topological polar surface area (TPSA) is 83.6 Å². The molecule has 0 spiro atoms. The van der Waals surface area contributed by atoms with Crippen molar-refractivity contribution in [2.24, 2.45) is 0 Å². The van der Waals surface area contributed by atoms with E-state index in [1.165, 1.54) is 5.56 Å². The monoisotopic (exact) mass is 435 g/mol. The van der Waals surface area contributed by atoms with Crippen LogP contribution >= 0.6 is 0 Å². The molecule has 0 aliphatic heterocycles. The third-order valence-electron chi connectivity index (χ3n) is 6.06. The number of aryl methyl sites for hydroxylation is 3. The molecule has 6 heteroatoms. The number of fused-ring (bicyclic) bond motifs is 2. The predicted molar refractivity (Wildman–Crippen MR) is 133 cm³/mol. The molecule has 0 atom stereocenters. The number of nitrogens with zero attached hydrogens (tertiary/aromatic N) is 3. The molecule has 2 N–H and O–H groups in total. The van der Waals surface area contributed by atoms with E-state index in [-0.39, 0.29) is 5.56 Å². The van der Waals surface area contributed by atoms with Gasteiger partial charge in [-0.15, -0.1) is 0 Å². The second-order valence-electron chi connectivity index (χ2n) is 8.26. The van der Waals surface area contributed by atoms with Gasteiger partial charge in [0.15, 0.2) is 0 Å². The fourth-order valence-corrected chi connectivity index (χ4v) is 4.23. The third-order valence-corrected chi connectivity index (χ3v) is 6.06. The molecule has 0 amide bonds. The molecule has 5 aromatic rings. The molecule has 0 aliphatic rings. The van der Waals surface area contributed by atoms with Gasteiger partial charge in [0, 0.05) is 17.4 Å². The van der Waals surface area contributed by atoms with Crippen LogP contribution in [0.4, 0.5) is 11.9 Å². The highest BCUT2D eigenvalue weighted by Gasteiger charge is 2.13. The van der Waals surface area contributed by atoms with Crippen LogP contribution in [0, 0.1) is 13.8 Å². The van der Waals surface area contributed by atoms with Crippen LogP contribution in [0.5, 0.6) is 0 Å². The molecule has 0 fully saturated rings. The van der Waals surface area contributed by atoms with Crippen molar-refractivity contribution < 1.29 is 0 Å². The first-order valence-corrected chi connectivity index (χ1v) is 11.1. The summed E-state index contributed by atoms with van der Waals surface area (Å²) in [5.41, 5.74) is 5.25. The highest BCUT2D eigenvalue weighted by Crippen LogP contribution is 2.22. The molecule has 2 aromatic heterocycles. The lowest BCUT2D eigenvalue weighted by Gasteiger charge is -2.11. The lowest BCUT2D eigenvalue weighted by molar-refractivity contribution is 0.981. The number of H-pyrrole nitrogens is 1. The summed E-state index contributed by atoms with van der Waals surface area (Å²) >= 11 is 0. The van der Waals surface area contributed by atoms with E-state index in [4.69, 9.17) is 0 Å². The Bertz CT molecular complexity index is 1550. The Morgan fingerprint density at radius 1 is 0.879 bits per heavy atom. The summed E-state index contributed by atoms with van der Waals surface area (Å²) in [5, 5.41) is 6.41. The van der Waals surface area contributed by atoms with Crippen molar-refractivity contribution in [3.8, 4) is 0 Å². The van der Waals surface area contributed by atoms with Gasteiger partial charge in [0.25, 0.3) is 5.56 Å². The Morgan fingerprint density at radius 3 is 2.52 bits per heavy atom. The van der Waals surface area contributed by atoms with Crippen LogP contribution in [0.15, 0.2) is 65.5 Å². The minimum atomic E-state index is -0.164. The van der Waals surface area contributed by atoms with Crippen LogP contribution in [0.2, 0.25) is 0 Å². The summed E-state index contributed by atoms with van der Waals surface area (Å²) in [7, 11) is 0. The van der Waals surface area contributed by atoms with Crippen LogP contribution in [-0.2, 0) is 12.8 Å². The average molecular weight is 436 g/mol. The van der Waals surface area contributed by atoms with E-state index < -0.39 is 0 Å².